The number of carboxylic acid groups (broad SMARTS) is 1. The third-order valence-electron chi connectivity index (χ3n) is 3.13. The number of aromatic carboxylic acids is 1. The minimum Gasteiger partial charge on any atom is -0.478 e. The van der Waals surface area contributed by atoms with E-state index >= 15 is 0 Å². The Kier molecular flexibility index (Phi) is 8.69. The molecule has 0 aliphatic heterocycles. The molecule has 136 valence electrons. The summed E-state index contributed by atoms with van der Waals surface area (Å²) in [6.07, 6.45) is 0.959. The number of aliphatic hydroxyl groups is 1. The maximum absolute atomic E-state index is 12.5. The van der Waals surface area contributed by atoms with Crippen molar-refractivity contribution in [1.82, 2.24) is 4.72 Å². The van der Waals surface area contributed by atoms with Crippen molar-refractivity contribution in [3.63, 3.8) is 0 Å². The van der Waals surface area contributed by atoms with Crippen LogP contribution in [0.4, 0.5) is 5.69 Å². The number of benzene rings is 1. The van der Waals surface area contributed by atoms with Gasteiger partial charge in [-0.2, -0.15) is 0 Å². The van der Waals surface area contributed by atoms with Crippen LogP contribution in [0, 0.1) is 0 Å². The first-order chi connectivity index (χ1) is 11.4. The van der Waals surface area contributed by atoms with Gasteiger partial charge in [-0.25, -0.2) is 17.9 Å². The molecule has 24 heavy (non-hydrogen) atoms. The van der Waals surface area contributed by atoms with Gasteiger partial charge in [-0.15, -0.1) is 0 Å². The Hall–Kier alpha value is -1.68. The molecule has 0 aliphatic carbocycles. The molecule has 4 N–H and O–H groups in total. The van der Waals surface area contributed by atoms with Gasteiger partial charge in [0.15, 0.2) is 0 Å². The second kappa shape index (κ2) is 10.2. The van der Waals surface area contributed by atoms with Crippen molar-refractivity contribution < 1.29 is 28.2 Å². The molecule has 0 amide bonds. The highest BCUT2D eigenvalue weighted by molar-refractivity contribution is 7.89. The first-order valence-electron chi connectivity index (χ1n) is 7.72. The fraction of sp³-hybridized carbons (Fsp3) is 0.533. The number of ether oxygens (including phenoxy) is 1. The highest BCUT2D eigenvalue weighted by Gasteiger charge is 2.20. The zero-order valence-corrected chi connectivity index (χ0v) is 14.4. The number of hydrogen-bond donors (Lipinski definition) is 4. The summed E-state index contributed by atoms with van der Waals surface area (Å²) in [5.41, 5.74) is 0.183. The van der Waals surface area contributed by atoms with Gasteiger partial charge in [0.25, 0.3) is 0 Å². The Morgan fingerprint density at radius 1 is 1.25 bits per heavy atom. The summed E-state index contributed by atoms with van der Waals surface area (Å²) in [5, 5.41) is 20.8. The maximum Gasteiger partial charge on any atom is 0.335 e. The molecule has 0 saturated carbocycles. The van der Waals surface area contributed by atoms with Crippen molar-refractivity contribution in [2.24, 2.45) is 0 Å². The number of rotatable bonds is 12. The van der Waals surface area contributed by atoms with Crippen LogP contribution in [0.15, 0.2) is 23.1 Å². The smallest absolute Gasteiger partial charge is 0.335 e. The van der Waals surface area contributed by atoms with Crippen LogP contribution in [0.3, 0.4) is 0 Å². The van der Waals surface area contributed by atoms with Crippen molar-refractivity contribution in [3.8, 4) is 0 Å². The predicted molar refractivity (Wildman–Crippen MR) is 89.9 cm³/mol. The molecular weight excluding hydrogens is 336 g/mol. The predicted octanol–water partition coefficient (Wildman–Crippen LogP) is 0.884. The molecule has 0 saturated heterocycles. The summed E-state index contributed by atoms with van der Waals surface area (Å²) < 4.78 is 32.5. The van der Waals surface area contributed by atoms with E-state index in [0.29, 0.717) is 38.3 Å². The quantitative estimate of drug-likeness (QED) is 0.408. The van der Waals surface area contributed by atoms with Gasteiger partial charge in [0.05, 0.1) is 11.3 Å². The summed E-state index contributed by atoms with van der Waals surface area (Å²) >= 11 is 0. The lowest BCUT2D eigenvalue weighted by Crippen LogP contribution is -2.27. The molecule has 1 rings (SSSR count). The summed E-state index contributed by atoms with van der Waals surface area (Å²) in [7, 11) is -3.87. The van der Waals surface area contributed by atoms with Gasteiger partial charge < -0.3 is 20.3 Å². The summed E-state index contributed by atoms with van der Waals surface area (Å²) in [6.45, 7) is 3.39. The van der Waals surface area contributed by atoms with Gasteiger partial charge in [-0.1, -0.05) is 0 Å². The maximum atomic E-state index is 12.5. The number of carbonyl (C=O) groups is 1. The molecule has 0 radical (unpaired) electrons. The lowest BCUT2D eigenvalue weighted by atomic mass is 10.2. The lowest BCUT2D eigenvalue weighted by molar-refractivity contribution is 0.0696. The van der Waals surface area contributed by atoms with Gasteiger partial charge in [0.2, 0.25) is 10.0 Å². The second-order valence-corrected chi connectivity index (χ2v) is 6.70. The Morgan fingerprint density at radius 2 is 2.00 bits per heavy atom. The monoisotopic (exact) mass is 360 g/mol. The van der Waals surface area contributed by atoms with Crippen LogP contribution in [0.5, 0.6) is 0 Å². The molecule has 0 spiro atoms. The van der Waals surface area contributed by atoms with Crippen LogP contribution >= 0.6 is 0 Å². The van der Waals surface area contributed by atoms with Gasteiger partial charge >= 0.3 is 5.97 Å². The number of aliphatic hydroxyl groups excluding tert-OH is 1. The molecule has 0 aliphatic rings. The molecule has 0 heterocycles. The zero-order chi connectivity index (χ0) is 18.0. The Morgan fingerprint density at radius 3 is 2.62 bits per heavy atom. The molecule has 0 aromatic heterocycles. The Bertz CT molecular complexity index is 633. The number of nitrogens with one attached hydrogen (secondary N) is 2. The van der Waals surface area contributed by atoms with E-state index in [4.69, 9.17) is 14.9 Å². The van der Waals surface area contributed by atoms with Crippen molar-refractivity contribution >= 4 is 21.7 Å². The van der Waals surface area contributed by atoms with Crippen LogP contribution in [0.1, 0.15) is 30.1 Å². The van der Waals surface area contributed by atoms with Gasteiger partial charge in [0.1, 0.15) is 4.90 Å². The van der Waals surface area contributed by atoms with Gasteiger partial charge in [-0.05, 0) is 38.0 Å². The van der Waals surface area contributed by atoms with E-state index in [1.807, 2.05) is 6.92 Å². The third kappa shape index (κ3) is 6.44. The van der Waals surface area contributed by atoms with Crippen molar-refractivity contribution in [1.29, 1.82) is 0 Å². The van der Waals surface area contributed by atoms with Gasteiger partial charge in [-0.3, -0.25) is 0 Å². The largest absolute Gasteiger partial charge is 0.478 e. The second-order valence-electron chi connectivity index (χ2n) is 4.97. The highest BCUT2D eigenvalue weighted by Crippen LogP contribution is 2.23. The van der Waals surface area contributed by atoms with E-state index in [2.05, 4.69) is 10.0 Å². The van der Waals surface area contributed by atoms with Crippen LogP contribution in [-0.2, 0) is 14.8 Å². The van der Waals surface area contributed by atoms with Crippen molar-refractivity contribution in [2.45, 2.75) is 24.7 Å². The molecule has 0 fully saturated rings. The number of sulfonamides is 1. The molecule has 1 aromatic carbocycles. The first kappa shape index (κ1) is 20.4. The minimum absolute atomic E-state index is 0.0298. The summed E-state index contributed by atoms with van der Waals surface area (Å²) in [5.74, 6) is -1.20. The molecular formula is C15H24N2O6S. The van der Waals surface area contributed by atoms with E-state index in [9.17, 15) is 13.2 Å². The molecule has 0 bridgehead atoms. The standard InChI is InChI=1S/C15H24N2O6S/c1-2-23-10-4-8-17-24(21,22)14-11-12(15(19)20)5-6-13(14)16-7-3-9-18/h5-6,11,16-18H,2-4,7-10H2,1H3,(H,19,20). The van der Waals surface area contributed by atoms with Crippen LogP contribution in [0.2, 0.25) is 0 Å². The SMILES string of the molecule is CCOCCCNS(=O)(=O)c1cc(C(=O)O)ccc1NCCCO. The lowest BCUT2D eigenvalue weighted by Gasteiger charge is -2.14. The normalized spacial score (nSPS) is 11.4. The molecule has 9 heteroatoms. The van der Waals surface area contributed by atoms with Gasteiger partial charge in [0, 0.05) is 32.9 Å². The molecule has 0 unspecified atom stereocenters. The first-order valence-corrected chi connectivity index (χ1v) is 9.20. The summed E-state index contributed by atoms with van der Waals surface area (Å²) in [6, 6.07) is 3.86. The third-order valence-corrected chi connectivity index (χ3v) is 4.63. The number of anilines is 1. The molecule has 0 atom stereocenters. The van der Waals surface area contributed by atoms with E-state index < -0.39 is 16.0 Å². The Balaban J connectivity index is 2.93. The number of carboxylic acids is 1. The highest BCUT2D eigenvalue weighted by atomic mass is 32.2. The molecule has 8 nitrogen and oxygen atoms in total. The van der Waals surface area contributed by atoms with E-state index in [0.717, 1.165) is 6.07 Å². The van der Waals surface area contributed by atoms with Crippen LogP contribution in [-0.4, -0.2) is 57.5 Å². The summed E-state index contributed by atoms with van der Waals surface area (Å²) in [4.78, 5) is 11.0. The fourth-order valence-corrected chi connectivity index (χ4v) is 3.21. The van der Waals surface area contributed by atoms with Crippen LogP contribution < -0.4 is 10.0 Å². The Labute approximate surface area is 141 Å². The number of hydrogen-bond acceptors (Lipinski definition) is 6. The average molecular weight is 360 g/mol. The average Bonchev–Trinajstić information content (AvgIpc) is 2.54. The minimum atomic E-state index is -3.87. The molecule has 1 aromatic rings. The fourth-order valence-electron chi connectivity index (χ4n) is 1.93. The van der Waals surface area contributed by atoms with E-state index in [1.54, 1.807) is 0 Å². The zero-order valence-electron chi connectivity index (χ0n) is 13.6. The van der Waals surface area contributed by atoms with Crippen molar-refractivity contribution in [2.75, 3.05) is 38.2 Å². The van der Waals surface area contributed by atoms with Crippen molar-refractivity contribution in [3.05, 3.63) is 23.8 Å². The topological polar surface area (TPSA) is 125 Å². The van der Waals surface area contributed by atoms with E-state index in [-0.39, 0.29) is 23.6 Å². The van der Waals surface area contributed by atoms with E-state index in [1.165, 1.54) is 12.1 Å². The van der Waals surface area contributed by atoms with Crippen LogP contribution in [0.25, 0.3) is 0 Å².